The first-order chi connectivity index (χ1) is 15.8. The number of hydrogen-bond donors (Lipinski definition) is 1. The van der Waals surface area contributed by atoms with Crippen molar-refractivity contribution in [3.63, 3.8) is 0 Å². The highest BCUT2D eigenvalue weighted by molar-refractivity contribution is 5.39. The Morgan fingerprint density at radius 1 is 0.719 bits per heavy atom. The topological polar surface area (TPSA) is 47.9 Å². The summed E-state index contributed by atoms with van der Waals surface area (Å²) in [5.74, 6) is 0.725. The normalized spacial score (nSPS) is 11.2. The highest BCUT2D eigenvalue weighted by Crippen LogP contribution is 2.24. The molecule has 0 heterocycles. The van der Waals surface area contributed by atoms with Crippen LogP contribution in [0, 0.1) is 0 Å². The molecule has 4 heteroatoms. The van der Waals surface area contributed by atoms with E-state index in [1.54, 1.807) is 7.11 Å². The van der Waals surface area contributed by atoms with Crippen molar-refractivity contribution in [1.29, 1.82) is 0 Å². The minimum atomic E-state index is 0.00230. The molecule has 0 spiro atoms. The van der Waals surface area contributed by atoms with Gasteiger partial charge in [0.25, 0.3) is 0 Å². The summed E-state index contributed by atoms with van der Waals surface area (Å²) in [6.45, 7) is 3.52. The Labute approximate surface area is 198 Å². The van der Waals surface area contributed by atoms with Crippen molar-refractivity contribution in [3.05, 3.63) is 29.3 Å². The second-order valence-corrected chi connectivity index (χ2v) is 8.91. The van der Waals surface area contributed by atoms with E-state index < -0.39 is 0 Å². The standard InChI is InChI=1S/C28H50O4/c1-3-4-5-6-7-8-9-10-11-12-13-14-15-16-17-19-26-20-18-21-28(27(26)24-29)32-25-31-23-22-30-2/h18,20-21,29H,3-17,19,22-25H2,1-2H3. The summed E-state index contributed by atoms with van der Waals surface area (Å²) < 4.78 is 16.0. The van der Waals surface area contributed by atoms with Crippen LogP contribution in [-0.4, -0.2) is 32.2 Å². The van der Waals surface area contributed by atoms with Crippen LogP contribution in [0.25, 0.3) is 0 Å². The maximum absolute atomic E-state index is 9.82. The van der Waals surface area contributed by atoms with Gasteiger partial charge in [-0.15, -0.1) is 0 Å². The largest absolute Gasteiger partial charge is 0.467 e. The van der Waals surface area contributed by atoms with Crippen LogP contribution >= 0.6 is 0 Å². The lowest BCUT2D eigenvalue weighted by Gasteiger charge is -2.14. The molecule has 0 aliphatic carbocycles. The van der Waals surface area contributed by atoms with Crippen LogP contribution in [0.3, 0.4) is 0 Å². The third-order valence-corrected chi connectivity index (χ3v) is 6.17. The number of methoxy groups -OCH3 is 1. The number of benzene rings is 1. The molecule has 4 nitrogen and oxygen atoms in total. The molecule has 1 rings (SSSR count). The number of unbranched alkanes of at least 4 members (excludes halogenated alkanes) is 14. The molecule has 0 bridgehead atoms. The van der Waals surface area contributed by atoms with E-state index in [4.69, 9.17) is 14.2 Å². The molecule has 0 amide bonds. The van der Waals surface area contributed by atoms with Crippen molar-refractivity contribution in [2.45, 2.75) is 116 Å². The lowest BCUT2D eigenvalue weighted by molar-refractivity contribution is -0.00931. The zero-order chi connectivity index (χ0) is 23.1. The highest BCUT2D eigenvalue weighted by Gasteiger charge is 2.09. The van der Waals surface area contributed by atoms with Crippen molar-refractivity contribution in [1.82, 2.24) is 0 Å². The average molecular weight is 451 g/mol. The molecular formula is C28H50O4. The zero-order valence-electron chi connectivity index (χ0n) is 21.0. The number of rotatable bonds is 23. The minimum absolute atomic E-state index is 0.00230. The van der Waals surface area contributed by atoms with Gasteiger partial charge in [-0.3, -0.25) is 0 Å². The average Bonchev–Trinajstić information content (AvgIpc) is 2.81. The first-order valence-corrected chi connectivity index (χ1v) is 13.2. The predicted molar refractivity (Wildman–Crippen MR) is 134 cm³/mol. The number of aliphatic hydroxyl groups is 1. The van der Waals surface area contributed by atoms with Gasteiger partial charge in [0.05, 0.1) is 19.8 Å². The molecule has 1 N–H and O–H groups in total. The molecule has 0 aliphatic rings. The second-order valence-electron chi connectivity index (χ2n) is 8.91. The van der Waals surface area contributed by atoms with E-state index in [1.165, 1.54) is 102 Å². The molecule has 0 aromatic heterocycles. The summed E-state index contributed by atoms with van der Waals surface area (Å²) in [6.07, 6.45) is 21.6. The van der Waals surface area contributed by atoms with Gasteiger partial charge in [0.2, 0.25) is 0 Å². The molecule has 0 atom stereocenters. The van der Waals surface area contributed by atoms with E-state index in [0.717, 1.165) is 17.7 Å². The van der Waals surface area contributed by atoms with Gasteiger partial charge in [0, 0.05) is 12.7 Å². The van der Waals surface area contributed by atoms with Gasteiger partial charge >= 0.3 is 0 Å². The van der Waals surface area contributed by atoms with Crippen molar-refractivity contribution >= 4 is 0 Å². The lowest BCUT2D eigenvalue weighted by Crippen LogP contribution is -2.09. The summed E-state index contributed by atoms with van der Waals surface area (Å²) in [5, 5.41) is 9.82. The fourth-order valence-electron chi connectivity index (χ4n) is 4.15. The summed E-state index contributed by atoms with van der Waals surface area (Å²) >= 11 is 0. The SMILES string of the molecule is CCCCCCCCCCCCCCCCCc1cccc(OCOCCOC)c1CO. The highest BCUT2D eigenvalue weighted by atomic mass is 16.7. The van der Waals surface area contributed by atoms with Crippen LogP contribution in [0.2, 0.25) is 0 Å². The molecule has 1 aromatic carbocycles. The summed E-state index contributed by atoms with van der Waals surface area (Å²) in [4.78, 5) is 0. The third-order valence-electron chi connectivity index (χ3n) is 6.17. The Morgan fingerprint density at radius 3 is 1.81 bits per heavy atom. The molecule has 32 heavy (non-hydrogen) atoms. The zero-order valence-corrected chi connectivity index (χ0v) is 21.0. The van der Waals surface area contributed by atoms with E-state index in [9.17, 15) is 5.11 Å². The predicted octanol–water partition coefficient (Wildman–Crippen LogP) is 7.59. The quantitative estimate of drug-likeness (QED) is 0.138. The lowest BCUT2D eigenvalue weighted by atomic mass is 9.99. The third kappa shape index (κ3) is 14.9. The van der Waals surface area contributed by atoms with Gasteiger partial charge < -0.3 is 19.3 Å². The number of ether oxygens (including phenoxy) is 3. The Hall–Kier alpha value is -1.10. The first-order valence-electron chi connectivity index (χ1n) is 13.2. The molecule has 0 radical (unpaired) electrons. The van der Waals surface area contributed by atoms with Gasteiger partial charge in [-0.2, -0.15) is 0 Å². The Balaban J connectivity index is 2.05. The van der Waals surface area contributed by atoms with Gasteiger partial charge in [0.1, 0.15) is 5.75 Å². The van der Waals surface area contributed by atoms with E-state index in [0.29, 0.717) is 13.2 Å². The van der Waals surface area contributed by atoms with Crippen LogP contribution in [0.5, 0.6) is 5.75 Å². The summed E-state index contributed by atoms with van der Waals surface area (Å²) in [7, 11) is 1.65. The number of aryl methyl sites for hydroxylation is 1. The molecule has 0 saturated carbocycles. The van der Waals surface area contributed by atoms with E-state index in [2.05, 4.69) is 13.0 Å². The fourth-order valence-corrected chi connectivity index (χ4v) is 4.15. The maximum Gasteiger partial charge on any atom is 0.189 e. The minimum Gasteiger partial charge on any atom is -0.467 e. The second kappa shape index (κ2) is 21.7. The Bertz CT molecular complexity index is 532. The molecule has 1 aromatic rings. The first kappa shape index (κ1) is 28.9. The van der Waals surface area contributed by atoms with Crippen LogP contribution in [0.4, 0.5) is 0 Å². The number of aliphatic hydroxyl groups excluding tert-OH is 1. The van der Waals surface area contributed by atoms with Crippen molar-refractivity contribution < 1.29 is 19.3 Å². The monoisotopic (exact) mass is 450 g/mol. The summed E-state index contributed by atoms with van der Waals surface area (Å²) in [6, 6.07) is 6.01. The van der Waals surface area contributed by atoms with Gasteiger partial charge in [-0.1, -0.05) is 109 Å². The maximum atomic E-state index is 9.82. The van der Waals surface area contributed by atoms with Crippen molar-refractivity contribution in [3.8, 4) is 5.75 Å². The van der Waals surface area contributed by atoms with Crippen LogP contribution in [0.15, 0.2) is 18.2 Å². The molecule has 0 aliphatic heterocycles. The molecular weight excluding hydrogens is 400 g/mol. The van der Waals surface area contributed by atoms with Gasteiger partial charge in [-0.25, -0.2) is 0 Å². The van der Waals surface area contributed by atoms with E-state index in [1.807, 2.05) is 12.1 Å². The Kier molecular flexibility index (Phi) is 19.6. The molecule has 0 fully saturated rings. The molecule has 0 unspecified atom stereocenters. The van der Waals surface area contributed by atoms with Gasteiger partial charge in [-0.05, 0) is 24.5 Å². The number of hydrogen-bond acceptors (Lipinski definition) is 4. The summed E-state index contributed by atoms with van der Waals surface area (Å²) in [5.41, 5.74) is 2.09. The molecule has 0 saturated heterocycles. The van der Waals surface area contributed by atoms with Crippen LogP contribution in [0.1, 0.15) is 114 Å². The van der Waals surface area contributed by atoms with E-state index in [-0.39, 0.29) is 13.4 Å². The fraction of sp³-hybridized carbons (Fsp3) is 0.786. The van der Waals surface area contributed by atoms with Crippen LogP contribution < -0.4 is 4.74 Å². The van der Waals surface area contributed by atoms with Gasteiger partial charge in [0.15, 0.2) is 6.79 Å². The smallest absolute Gasteiger partial charge is 0.189 e. The molecule has 186 valence electrons. The van der Waals surface area contributed by atoms with E-state index >= 15 is 0 Å². The van der Waals surface area contributed by atoms with Crippen LogP contribution in [-0.2, 0) is 22.5 Å². The Morgan fingerprint density at radius 2 is 1.28 bits per heavy atom. The van der Waals surface area contributed by atoms with Crippen molar-refractivity contribution in [2.75, 3.05) is 27.1 Å². The van der Waals surface area contributed by atoms with Crippen molar-refractivity contribution in [2.24, 2.45) is 0 Å².